The highest BCUT2D eigenvalue weighted by Crippen LogP contribution is 2.41. The number of benzene rings is 2. The summed E-state index contributed by atoms with van der Waals surface area (Å²) in [6, 6.07) is 19.3. The van der Waals surface area contributed by atoms with E-state index in [4.69, 9.17) is 4.42 Å². The number of aryl methyl sites for hydroxylation is 2. The van der Waals surface area contributed by atoms with Crippen molar-refractivity contribution < 1.29 is 14.0 Å². The van der Waals surface area contributed by atoms with Crippen LogP contribution in [0.1, 0.15) is 55.1 Å². The molecule has 0 aliphatic carbocycles. The Morgan fingerprint density at radius 2 is 1.72 bits per heavy atom. The summed E-state index contributed by atoms with van der Waals surface area (Å²) in [4.78, 5) is 26.4. The van der Waals surface area contributed by atoms with E-state index in [-0.39, 0.29) is 17.6 Å². The summed E-state index contributed by atoms with van der Waals surface area (Å²) < 4.78 is 5.70. The largest absolute Gasteiger partial charge is 0.468 e. The monoisotopic (exact) mass is 540 g/mol. The zero-order chi connectivity index (χ0) is 28.1. The van der Waals surface area contributed by atoms with Crippen LogP contribution in [0.2, 0.25) is 0 Å². The van der Waals surface area contributed by atoms with Crippen molar-refractivity contribution in [1.29, 1.82) is 5.26 Å². The van der Waals surface area contributed by atoms with Crippen LogP contribution in [-0.4, -0.2) is 17.6 Å². The van der Waals surface area contributed by atoms with Crippen molar-refractivity contribution in [3.05, 3.63) is 105 Å². The third-order valence-electron chi connectivity index (χ3n) is 6.65. The molecule has 3 N–H and O–H groups in total. The molecule has 200 valence electrons. The van der Waals surface area contributed by atoms with E-state index in [9.17, 15) is 14.9 Å². The van der Waals surface area contributed by atoms with E-state index in [2.05, 4.69) is 35.9 Å². The number of para-hydroxylation sites is 1. The van der Waals surface area contributed by atoms with Crippen LogP contribution in [0.4, 0.5) is 11.4 Å². The first-order valence-corrected chi connectivity index (χ1v) is 13.7. The molecular weight excluding hydrogens is 508 g/mol. The fourth-order valence-electron chi connectivity index (χ4n) is 4.55. The van der Waals surface area contributed by atoms with E-state index < -0.39 is 5.92 Å². The SMILES string of the molecule is CC1=C(C(=O)Nc2c(C)cccc2C)[C@H](c2ccco2)C(C#N)=C(SCC(=O)Nc2ccc(C(C)C)cc2)N1. The topological polar surface area (TPSA) is 107 Å². The Labute approximate surface area is 233 Å². The van der Waals surface area contributed by atoms with Gasteiger partial charge in [-0.05, 0) is 67.6 Å². The maximum absolute atomic E-state index is 13.6. The molecule has 4 rings (SSSR count). The predicted molar refractivity (Wildman–Crippen MR) is 156 cm³/mol. The number of nitrogens with zero attached hydrogens (tertiary/aromatic N) is 1. The van der Waals surface area contributed by atoms with E-state index in [0.717, 1.165) is 16.8 Å². The van der Waals surface area contributed by atoms with Gasteiger partial charge in [-0.1, -0.05) is 55.9 Å². The van der Waals surface area contributed by atoms with Gasteiger partial charge in [-0.3, -0.25) is 9.59 Å². The molecule has 1 aromatic heterocycles. The van der Waals surface area contributed by atoms with Gasteiger partial charge in [0.2, 0.25) is 5.91 Å². The Bertz CT molecular complexity index is 1460. The number of thioether (sulfide) groups is 1. The quantitative estimate of drug-likeness (QED) is 0.293. The van der Waals surface area contributed by atoms with Gasteiger partial charge in [0.25, 0.3) is 5.91 Å². The zero-order valence-corrected chi connectivity index (χ0v) is 23.5. The molecule has 2 heterocycles. The lowest BCUT2D eigenvalue weighted by atomic mass is 9.85. The van der Waals surface area contributed by atoms with Gasteiger partial charge >= 0.3 is 0 Å². The summed E-state index contributed by atoms with van der Waals surface area (Å²) in [7, 11) is 0. The van der Waals surface area contributed by atoms with Gasteiger partial charge in [0.15, 0.2) is 0 Å². The minimum absolute atomic E-state index is 0.0849. The summed E-state index contributed by atoms with van der Waals surface area (Å²) in [5.41, 5.74) is 5.83. The van der Waals surface area contributed by atoms with Gasteiger partial charge in [-0.15, -0.1) is 0 Å². The molecule has 2 aromatic carbocycles. The van der Waals surface area contributed by atoms with Gasteiger partial charge in [0, 0.05) is 17.1 Å². The molecule has 1 atom stereocenters. The highest BCUT2D eigenvalue weighted by Gasteiger charge is 2.36. The van der Waals surface area contributed by atoms with Crippen LogP contribution in [0.15, 0.2) is 87.1 Å². The number of nitrogens with one attached hydrogen (secondary N) is 3. The molecule has 0 spiro atoms. The summed E-state index contributed by atoms with van der Waals surface area (Å²) in [5, 5.41) is 19.9. The normalized spacial score (nSPS) is 15.2. The number of anilines is 2. The Hall–Kier alpha value is -4.22. The van der Waals surface area contributed by atoms with Gasteiger partial charge < -0.3 is 20.4 Å². The number of nitriles is 1. The number of carbonyl (C=O) groups excluding carboxylic acids is 2. The highest BCUT2D eigenvalue weighted by atomic mass is 32.2. The van der Waals surface area contributed by atoms with Crippen LogP contribution in [-0.2, 0) is 9.59 Å². The van der Waals surface area contributed by atoms with Crippen molar-refractivity contribution in [2.24, 2.45) is 0 Å². The van der Waals surface area contributed by atoms with Gasteiger partial charge in [0.05, 0.1) is 40.2 Å². The first kappa shape index (κ1) is 27.8. The average molecular weight is 541 g/mol. The van der Waals surface area contributed by atoms with E-state index in [1.807, 2.05) is 56.3 Å². The molecule has 39 heavy (non-hydrogen) atoms. The molecule has 0 fully saturated rings. The Morgan fingerprint density at radius 1 is 1.03 bits per heavy atom. The first-order chi connectivity index (χ1) is 18.7. The second kappa shape index (κ2) is 12.1. The number of allylic oxidation sites excluding steroid dienone is 2. The molecule has 1 aliphatic rings. The minimum Gasteiger partial charge on any atom is -0.468 e. The van der Waals surface area contributed by atoms with Crippen molar-refractivity contribution in [3.63, 3.8) is 0 Å². The molecule has 7 nitrogen and oxygen atoms in total. The third-order valence-corrected chi connectivity index (χ3v) is 7.67. The molecule has 0 unspecified atom stereocenters. The summed E-state index contributed by atoms with van der Waals surface area (Å²) in [5.74, 6) is -0.264. The molecular formula is C31H32N4O3S. The van der Waals surface area contributed by atoms with Gasteiger partial charge in [-0.25, -0.2) is 0 Å². The number of dihydropyridines is 1. The standard InChI is InChI=1S/C31H32N4O3S/c1-18(2)22-11-13-23(14-12-22)34-26(36)17-39-31-24(16-32)28(25-10-7-15-38-25)27(21(5)33-31)30(37)35-29-19(3)8-6-9-20(29)4/h6-15,18,28,33H,17H2,1-5H3,(H,34,36)(H,35,37)/t28-/m0/s1. The smallest absolute Gasteiger partial charge is 0.254 e. The van der Waals surface area contributed by atoms with Crippen molar-refractivity contribution in [2.75, 3.05) is 16.4 Å². The number of carbonyl (C=O) groups is 2. The van der Waals surface area contributed by atoms with Gasteiger partial charge in [-0.2, -0.15) is 5.26 Å². The predicted octanol–water partition coefficient (Wildman–Crippen LogP) is 6.73. The summed E-state index contributed by atoms with van der Waals surface area (Å²) >= 11 is 1.22. The lowest BCUT2D eigenvalue weighted by Crippen LogP contribution is -2.31. The third kappa shape index (κ3) is 6.27. The Kier molecular flexibility index (Phi) is 8.62. The van der Waals surface area contributed by atoms with Crippen LogP contribution >= 0.6 is 11.8 Å². The minimum atomic E-state index is -0.718. The summed E-state index contributed by atoms with van der Waals surface area (Å²) in [6.07, 6.45) is 1.52. The number of hydrogen-bond acceptors (Lipinski definition) is 6. The maximum Gasteiger partial charge on any atom is 0.254 e. The van der Waals surface area contributed by atoms with Crippen LogP contribution in [0.25, 0.3) is 0 Å². The fraction of sp³-hybridized carbons (Fsp3) is 0.258. The van der Waals surface area contributed by atoms with Crippen LogP contribution < -0.4 is 16.0 Å². The molecule has 3 aromatic rings. The lowest BCUT2D eigenvalue weighted by molar-refractivity contribution is -0.114. The molecule has 0 bridgehead atoms. The maximum atomic E-state index is 13.6. The number of furan rings is 1. The highest BCUT2D eigenvalue weighted by molar-refractivity contribution is 8.03. The van der Waals surface area contributed by atoms with E-state index in [0.29, 0.717) is 39.2 Å². The lowest BCUT2D eigenvalue weighted by Gasteiger charge is -2.28. The van der Waals surface area contributed by atoms with Crippen LogP contribution in [0.5, 0.6) is 0 Å². The Morgan fingerprint density at radius 3 is 2.31 bits per heavy atom. The molecule has 0 radical (unpaired) electrons. The second-order valence-corrected chi connectivity index (χ2v) is 10.8. The first-order valence-electron chi connectivity index (χ1n) is 12.7. The second-order valence-electron chi connectivity index (χ2n) is 9.80. The van der Waals surface area contributed by atoms with E-state index >= 15 is 0 Å². The molecule has 1 aliphatic heterocycles. The fourth-order valence-corrected chi connectivity index (χ4v) is 5.44. The van der Waals surface area contributed by atoms with E-state index in [1.165, 1.54) is 23.6 Å². The molecule has 0 saturated heterocycles. The number of rotatable bonds is 8. The van der Waals surface area contributed by atoms with Crippen molar-refractivity contribution in [3.8, 4) is 6.07 Å². The van der Waals surface area contributed by atoms with Crippen molar-refractivity contribution in [1.82, 2.24) is 5.32 Å². The van der Waals surface area contributed by atoms with Crippen LogP contribution in [0, 0.1) is 25.2 Å². The average Bonchev–Trinajstić information content (AvgIpc) is 3.44. The van der Waals surface area contributed by atoms with E-state index in [1.54, 1.807) is 19.1 Å². The molecule has 2 amide bonds. The molecule has 8 heteroatoms. The number of amides is 2. The summed E-state index contributed by atoms with van der Waals surface area (Å²) in [6.45, 7) is 9.90. The van der Waals surface area contributed by atoms with Gasteiger partial charge in [0.1, 0.15) is 5.76 Å². The van der Waals surface area contributed by atoms with Crippen LogP contribution in [0.3, 0.4) is 0 Å². The molecule has 0 saturated carbocycles. The van der Waals surface area contributed by atoms with Crippen molar-refractivity contribution >= 4 is 35.0 Å². The zero-order valence-electron chi connectivity index (χ0n) is 22.7. The Balaban J connectivity index is 1.56. The van der Waals surface area contributed by atoms with Crippen molar-refractivity contribution in [2.45, 2.75) is 46.5 Å². The number of hydrogen-bond donors (Lipinski definition) is 3.